The van der Waals surface area contributed by atoms with Crippen molar-refractivity contribution in [1.29, 1.82) is 0 Å². The van der Waals surface area contributed by atoms with Gasteiger partial charge in [-0.05, 0) is 19.1 Å². The molecule has 0 radical (unpaired) electrons. The highest BCUT2D eigenvalue weighted by Crippen LogP contribution is 2.05. The first kappa shape index (κ1) is 12.3. The van der Waals surface area contributed by atoms with Crippen LogP contribution < -0.4 is 4.72 Å². The van der Waals surface area contributed by atoms with E-state index in [-0.39, 0.29) is 11.3 Å². The highest BCUT2D eigenvalue weighted by molar-refractivity contribution is 7.84. The molecule has 0 aliphatic rings. The number of ketones is 1. The van der Waals surface area contributed by atoms with Crippen molar-refractivity contribution in [1.82, 2.24) is 4.72 Å². The second kappa shape index (κ2) is 4.42. The number of nitrogens with one attached hydrogen (secondary N) is 1. The summed E-state index contributed by atoms with van der Waals surface area (Å²) in [6.45, 7) is 1.37. The molecule has 16 heavy (non-hydrogen) atoms. The van der Waals surface area contributed by atoms with E-state index in [1.54, 1.807) is 0 Å². The lowest BCUT2D eigenvalue weighted by molar-refractivity contribution is 0.0974. The summed E-state index contributed by atoms with van der Waals surface area (Å²) < 4.78 is 30.5. The molecule has 0 saturated heterocycles. The van der Waals surface area contributed by atoms with E-state index < -0.39 is 16.2 Å². The lowest BCUT2D eigenvalue weighted by atomic mass is 10.1. The van der Waals surface area contributed by atoms with E-state index in [9.17, 15) is 18.0 Å². The molecular weight excluding hydrogens is 234 g/mol. The van der Waals surface area contributed by atoms with E-state index in [0.29, 0.717) is 5.56 Å². The maximum atomic E-state index is 11.2. The highest BCUT2D eigenvalue weighted by atomic mass is 32.2. The van der Waals surface area contributed by atoms with Crippen LogP contribution in [0.2, 0.25) is 0 Å². The van der Waals surface area contributed by atoms with Crippen molar-refractivity contribution in [3.63, 3.8) is 0 Å². The molecule has 0 bridgehead atoms. The fourth-order valence-corrected chi connectivity index (χ4v) is 1.38. The van der Waals surface area contributed by atoms with Gasteiger partial charge in [-0.1, -0.05) is 12.1 Å². The second-order valence-corrected chi connectivity index (χ2v) is 4.19. The summed E-state index contributed by atoms with van der Waals surface area (Å²) >= 11 is 0. The molecule has 7 heteroatoms. The molecule has 0 unspecified atom stereocenters. The standard InChI is InChI=1S/C9H9NO5S/c1-6(11)7-2-4-8(5-3-7)9(12)10-16(13,14)15/h2-5H,1H3,(H,10,12)(H,13,14,15). The number of amides is 1. The number of carbonyl (C=O) groups excluding carboxylic acids is 2. The van der Waals surface area contributed by atoms with Crippen molar-refractivity contribution in [2.45, 2.75) is 6.92 Å². The number of rotatable bonds is 3. The summed E-state index contributed by atoms with van der Waals surface area (Å²) in [6, 6.07) is 5.36. The predicted octanol–water partition coefficient (Wildman–Crippen LogP) is 0.422. The van der Waals surface area contributed by atoms with E-state index in [1.807, 2.05) is 0 Å². The zero-order chi connectivity index (χ0) is 12.3. The minimum Gasteiger partial charge on any atom is -0.295 e. The van der Waals surface area contributed by atoms with Gasteiger partial charge in [-0.15, -0.1) is 0 Å². The first-order chi connectivity index (χ1) is 7.29. The van der Waals surface area contributed by atoms with E-state index in [4.69, 9.17) is 4.55 Å². The fourth-order valence-electron chi connectivity index (χ4n) is 1.03. The van der Waals surface area contributed by atoms with Gasteiger partial charge in [0.1, 0.15) is 0 Å². The lowest BCUT2D eigenvalue weighted by Gasteiger charge is -2.02. The van der Waals surface area contributed by atoms with Crippen LogP contribution >= 0.6 is 0 Å². The Morgan fingerprint density at radius 3 is 1.94 bits per heavy atom. The molecule has 0 spiro atoms. The number of hydrogen-bond acceptors (Lipinski definition) is 4. The van der Waals surface area contributed by atoms with Crippen LogP contribution in [0.5, 0.6) is 0 Å². The molecule has 0 aliphatic carbocycles. The van der Waals surface area contributed by atoms with Gasteiger partial charge in [0.15, 0.2) is 5.78 Å². The summed E-state index contributed by atoms with van der Waals surface area (Å²) in [5.41, 5.74) is 0.436. The smallest absolute Gasteiger partial charge is 0.295 e. The van der Waals surface area contributed by atoms with Gasteiger partial charge in [0.2, 0.25) is 0 Å². The van der Waals surface area contributed by atoms with Crippen LogP contribution in [0.3, 0.4) is 0 Å². The number of benzene rings is 1. The number of Topliss-reactive ketones (excluding diaryl/α,β-unsaturated/α-hetero) is 1. The molecule has 0 heterocycles. The first-order valence-corrected chi connectivity index (χ1v) is 5.64. The maximum absolute atomic E-state index is 11.2. The van der Waals surface area contributed by atoms with Crippen molar-refractivity contribution in [2.75, 3.05) is 0 Å². The van der Waals surface area contributed by atoms with E-state index in [1.165, 1.54) is 35.9 Å². The van der Waals surface area contributed by atoms with Crippen LogP contribution in [0.25, 0.3) is 0 Å². The minimum atomic E-state index is -4.56. The average Bonchev–Trinajstić information content (AvgIpc) is 2.15. The van der Waals surface area contributed by atoms with Crippen LogP contribution in [0, 0.1) is 0 Å². The topological polar surface area (TPSA) is 101 Å². The zero-order valence-electron chi connectivity index (χ0n) is 8.30. The molecule has 0 aliphatic heterocycles. The molecule has 0 aromatic heterocycles. The Balaban J connectivity index is 2.90. The normalized spacial score (nSPS) is 10.9. The van der Waals surface area contributed by atoms with Crippen LogP contribution in [-0.4, -0.2) is 24.7 Å². The first-order valence-electron chi connectivity index (χ1n) is 4.20. The van der Waals surface area contributed by atoms with Crippen molar-refractivity contribution >= 4 is 22.0 Å². The van der Waals surface area contributed by atoms with Crippen molar-refractivity contribution in [3.05, 3.63) is 35.4 Å². The van der Waals surface area contributed by atoms with Gasteiger partial charge in [-0.3, -0.25) is 14.1 Å². The molecule has 0 atom stereocenters. The predicted molar refractivity (Wildman–Crippen MR) is 55.5 cm³/mol. The lowest BCUT2D eigenvalue weighted by Crippen LogP contribution is -2.29. The average molecular weight is 243 g/mol. The van der Waals surface area contributed by atoms with Crippen molar-refractivity contribution in [3.8, 4) is 0 Å². The monoisotopic (exact) mass is 243 g/mol. The number of carbonyl (C=O) groups is 2. The van der Waals surface area contributed by atoms with E-state index >= 15 is 0 Å². The third-order valence-corrected chi connectivity index (χ3v) is 2.22. The van der Waals surface area contributed by atoms with E-state index in [2.05, 4.69) is 0 Å². The molecule has 1 aromatic rings. The van der Waals surface area contributed by atoms with Gasteiger partial charge < -0.3 is 0 Å². The zero-order valence-corrected chi connectivity index (χ0v) is 9.11. The summed E-state index contributed by atoms with van der Waals surface area (Å²) in [5.74, 6) is -1.13. The fraction of sp³-hybridized carbons (Fsp3) is 0.111. The SMILES string of the molecule is CC(=O)c1ccc(C(=O)NS(=O)(=O)O)cc1. The van der Waals surface area contributed by atoms with E-state index in [0.717, 1.165) is 0 Å². The molecule has 86 valence electrons. The maximum Gasteiger partial charge on any atom is 0.359 e. The highest BCUT2D eigenvalue weighted by Gasteiger charge is 2.12. The molecule has 2 N–H and O–H groups in total. The van der Waals surface area contributed by atoms with Crippen LogP contribution in [0.4, 0.5) is 0 Å². The summed E-state index contributed by atoms with van der Waals surface area (Å²) in [6.07, 6.45) is 0. The Morgan fingerprint density at radius 2 is 1.56 bits per heavy atom. The van der Waals surface area contributed by atoms with Gasteiger partial charge in [0.05, 0.1) is 0 Å². The number of hydrogen-bond donors (Lipinski definition) is 2. The summed E-state index contributed by atoms with van der Waals surface area (Å²) in [4.78, 5) is 22.1. The molecule has 1 rings (SSSR count). The van der Waals surface area contributed by atoms with Gasteiger partial charge in [-0.2, -0.15) is 8.42 Å². The van der Waals surface area contributed by atoms with Gasteiger partial charge in [0.25, 0.3) is 5.91 Å². The Bertz CT molecular complexity index is 517. The Morgan fingerprint density at radius 1 is 1.12 bits per heavy atom. The Labute approximate surface area is 92.2 Å². The van der Waals surface area contributed by atoms with Gasteiger partial charge in [0, 0.05) is 11.1 Å². The van der Waals surface area contributed by atoms with Crippen LogP contribution in [-0.2, 0) is 10.3 Å². The van der Waals surface area contributed by atoms with Crippen LogP contribution in [0.15, 0.2) is 24.3 Å². The quantitative estimate of drug-likeness (QED) is 0.592. The molecule has 0 fully saturated rings. The van der Waals surface area contributed by atoms with Gasteiger partial charge >= 0.3 is 10.3 Å². The second-order valence-electron chi connectivity index (χ2n) is 3.04. The Hall–Kier alpha value is -1.73. The van der Waals surface area contributed by atoms with Crippen LogP contribution in [0.1, 0.15) is 27.6 Å². The molecular formula is C9H9NO5S. The third kappa shape index (κ3) is 3.44. The van der Waals surface area contributed by atoms with Gasteiger partial charge in [-0.25, -0.2) is 4.72 Å². The summed E-state index contributed by atoms with van der Waals surface area (Å²) in [5, 5.41) is 0. The largest absolute Gasteiger partial charge is 0.359 e. The molecule has 6 nitrogen and oxygen atoms in total. The molecule has 1 amide bonds. The molecule has 0 saturated carbocycles. The minimum absolute atomic E-state index is 0.0302. The molecule has 1 aromatic carbocycles. The van der Waals surface area contributed by atoms with Crippen molar-refractivity contribution in [2.24, 2.45) is 0 Å². The Kier molecular flexibility index (Phi) is 3.41. The van der Waals surface area contributed by atoms with Crippen molar-refractivity contribution < 1.29 is 22.6 Å². The summed E-state index contributed by atoms with van der Waals surface area (Å²) in [7, 11) is -4.56. The third-order valence-electron chi connectivity index (χ3n) is 1.78.